The first-order valence-electron chi connectivity index (χ1n) is 25.8. The molecule has 0 amide bonds. The molecule has 1 unspecified atom stereocenters. The Bertz CT molecular complexity index is 1450. The van der Waals surface area contributed by atoms with Crippen LogP contribution in [0.4, 0.5) is 0 Å². The van der Waals surface area contributed by atoms with Gasteiger partial charge in [-0.05, 0) is 103 Å². The molecular formula is C59H92O6. The lowest BCUT2D eigenvalue weighted by Crippen LogP contribution is -2.30. The zero-order valence-corrected chi connectivity index (χ0v) is 41.4. The minimum absolute atomic E-state index is 0.124. The molecule has 0 heterocycles. The maximum Gasteiger partial charge on any atom is 0.306 e. The second-order valence-electron chi connectivity index (χ2n) is 16.4. The Morgan fingerprint density at radius 1 is 0.338 bits per heavy atom. The van der Waals surface area contributed by atoms with Crippen LogP contribution in [0.15, 0.2) is 134 Å². The highest BCUT2D eigenvalue weighted by molar-refractivity contribution is 5.71. The standard InChI is InChI=1S/C59H92O6/c1-4-7-10-13-16-19-22-25-27-28-29-30-32-34-37-40-43-46-49-52-58(61)64-55-56(54-63-57(60)51-48-45-42-39-36-33-24-21-18-15-12-9-6-3)65-59(62)53-50-47-44-41-38-35-31-26-23-20-17-14-11-8-5-2/h7,9-10,12,15-16,18-21,23-25,27,29-30,33-34,36-37,39,42,56H,4-6,8,11,13-14,17,22,26,28,31-32,35,38,40-41,43-55H2,1-3H3/b10-7-,12-9-,18-15-,19-16-,23-20-,24-21-,27-25-,30-29-,36-33-,37-34-,42-39-. The van der Waals surface area contributed by atoms with Gasteiger partial charge in [0.05, 0.1) is 0 Å². The Labute approximate surface area is 398 Å². The highest BCUT2D eigenvalue weighted by atomic mass is 16.6. The second-order valence-corrected chi connectivity index (χ2v) is 16.4. The number of carbonyl (C=O) groups is 3. The molecule has 0 bridgehead atoms. The van der Waals surface area contributed by atoms with Crippen molar-refractivity contribution in [2.75, 3.05) is 13.2 Å². The number of esters is 3. The van der Waals surface area contributed by atoms with Crippen LogP contribution in [-0.4, -0.2) is 37.2 Å². The molecule has 6 heteroatoms. The predicted molar refractivity (Wildman–Crippen MR) is 279 cm³/mol. The van der Waals surface area contributed by atoms with Gasteiger partial charge in [-0.1, -0.05) is 212 Å². The summed E-state index contributed by atoms with van der Waals surface area (Å²) >= 11 is 0. The molecule has 0 saturated heterocycles. The summed E-state index contributed by atoms with van der Waals surface area (Å²) in [5, 5.41) is 0. The predicted octanol–water partition coefficient (Wildman–Crippen LogP) is 17.1. The van der Waals surface area contributed by atoms with Crippen LogP contribution < -0.4 is 0 Å². The fraction of sp³-hybridized carbons (Fsp3) is 0.576. The summed E-state index contributed by atoms with van der Waals surface area (Å²) in [6, 6.07) is 0. The maximum absolute atomic E-state index is 12.8. The Morgan fingerprint density at radius 3 is 1.20 bits per heavy atom. The molecule has 0 aliphatic carbocycles. The topological polar surface area (TPSA) is 78.9 Å². The monoisotopic (exact) mass is 897 g/mol. The average Bonchev–Trinajstić information content (AvgIpc) is 3.30. The van der Waals surface area contributed by atoms with Crippen LogP contribution in [0, 0.1) is 0 Å². The van der Waals surface area contributed by atoms with Crippen LogP contribution in [-0.2, 0) is 28.6 Å². The van der Waals surface area contributed by atoms with Gasteiger partial charge in [-0.25, -0.2) is 0 Å². The van der Waals surface area contributed by atoms with E-state index in [9.17, 15) is 14.4 Å². The van der Waals surface area contributed by atoms with Crippen LogP contribution in [0.25, 0.3) is 0 Å². The Balaban J connectivity index is 4.56. The number of allylic oxidation sites excluding steroid dienone is 22. The smallest absolute Gasteiger partial charge is 0.306 e. The molecule has 0 saturated carbocycles. The molecule has 0 aliphatic rings. The number of hydrogen-bond acceptors (Lipinski definition) is 6. The van der Waals surface area contributed by atoms with Gasteiger partial charge in [0.15, 0.2) is 6.10 Å². The molecule has 0 rings (SSSR count). The van der Waals surface area contributed by atoms with Crippen molar-refractivity contribution < 1.29 is 28.6 Å². The van der Waals surface area contributed by atoms with Gasteiger partial charge >= 0.3 is 17.9 Å². The highest BCUT2D eigenvalue weighted by Crippen LogP contribution is 2.13. The van der Waals surface area contributed by atoms with Crippen molar-refractivity contribution in [2.24, 2.45) is 0 Å². The zero-order chi connectivity index (χ0) is 47.2. The number of ether oxygens (including phenoxy) is 3. The zero-order valence-electron chi connectivity index (χ0n) is 41.4. The van der Waals surface area contributed by atoms with Crippen molar-refractivity contribution in [3.8, 4) is 0 Å². The minimum Gasteiger partial charge on any atom is -0.462 e. The number of rotatable bonds is 44. The van der Waals surface area contributed by atoms with E-state index in [-0.39, 0.29) is 37.5 Å². The lowest BCUT2D eigenvalue weighted by Gasteiger charge is -2.18. The van der Waals surface area contributed by atoms with E-state index < -0.39 is 6.10 Å². The normalized spacial score (nSPS) is 13.2. The summed E-state index contributed by atoms with van der Waals surface area (Å²) < 4.78 is 16.7. The van der Waals surface area contributed by atoms with E-state index in [0.717, 1.165) is 89.9 Å². The van der Waals surface area contributed by atoms with Gasteiger partial charge in [0, 0.05) is 19.3 Å². The molecule has 0 spiro atoms. The molecule has 0 radical (unpaired) electrons. The molecule has 6 nitrogen and oxygen atoms in total. The van der Waals surface area contributed by atoms with Gasteiger partial charge in [0.1, 0.15) is 13.2 Å². The molecule has 0 aliphatic heterocycles. The van der Waals surface area contributed by atoms with Gasteiger partial charge in [0.2, 0.25) is 0 Å². The fourth-order valence-corrected chi connectivity index (χ4v) is 6.43. The Hall–Kier alpha value is -4.45. The van der Waals surface area contributed by atoms with E-state index in [1.54, 1.807) is 0 Å². The van der Waals surface area contributed by atoms with Crippen molar-refractivity contribution in [3.63, 3.8) is 0 Å². The van der Waals surface area contributed by atoms with Crippen LogP contribution in [0.5, 0.6) is 0 Å². The molecule has 1 atom stereocenters. The van der Waals surface area contributed by atoms with Gasteiger partial charge in [-0.15, -0.1) is 0 Å². The van der Waals surface area contributed by atoms with E-state index in [4.69, 9.17) is 14.2 Å². The van der Waals surface area contributed by atoms with Crippen molar-refractivity contribution in [2.45, 2.75) is 207 Å². The summed E-state index contributed by atoms with van der Waals surface area (Å²) in [5.74, 6) is -1.04. The van der Waals surface area contributed by atoms with Crippen molar-refractivity contribution >= 4 is 17.9 Å². The summed E-state index contributed by atoms with van der Waals surface area (Å²) in [6.07, 6.45) is 73.0. The minimum atomic E-state index is -0.827. The third kappa shape index (κ3) is 50.4. The Morgan fingerprint density at radius 2 is 0.692 bits per heavy atom. The SMILES string of the molecule is CC\C=C/C=C\C=C/C=C\C=C/CCCC(=O)OCC(COC(=O)CCCCC/C=C\C/C=C\C/C=C\C/C=C\C/C=C\CC)OC(=O)CCCCCCCCC/C=C\CCCCCC. The lowest BCUT2D eigenvalue weighted by atomic mass is 10.1. The van der Waals surface area contributed by atoms with Gasteiger partial charge in [0.25, 0.3) is 0 Å². The molecule has 0 fully saturated rings. The van der Waals surface area contributed by atoms with Crippen LogP contribution in [0.2, 0.25) is 0 Å². The molecule has 0 aromatic rings. The van der Waals surface area contributed by atoms with Crippen LogP contribution >= 0.6 is 0 Å². The van der Waals surface area contributed by atoms with E-state index in [0.29, 0.717) is 19.3 Å². The first kappa shape index (κ1) is 60.6. The van der Waals surface area contributed by atoms with Crippen molar-refractivity contribution in [1.82, 2.24) is 0 Å². The maximum atomic E-state index is 12.8. The van der Waals surface area contributed by atoms with E-state index in [1.165, 1.54) is 64.2 Å². The van der Waals surface area contributed by atoms with E-state index >= 15 is 0 Å². The molecule has 0 aromatic carbocycles. The quantitative estimate of drug-likeness (QED) is 0.0199. The summed E-state index contributed by atoms with van der Waals surface area (Å²) in [6.45, 7) is 6.25. The molecule has 65 heavy (non-hydrogen) atoms. The fourth-order valence-electron chi connectivity index (χ4n) is 6.43. The molecule has 364 valence electrons. The highest BCUT2D eigenvalue weighted by Gasteiger charge is 2.19. The van der Waals surface area contributed by atoms with E-state index in [2.05, 4.69) is 99.8 Å². The van der Waals surface area contributed by atoms with Crippen molar-refractivity contribution in [3.05, 3.63) is 134 Å². The largest absolute Gasteiger partial charge is 0.462 e. The van der Waals surface area contributed by atoms with Crippen molar-refractivity contribution in [1.29, 1.82) is 0 Å². The molecular weight excluding hydrogens is 805 g/mol. The first-order valence-corrected chi connectivity index (χ1v) is 25.8. The van der Waals surface area contributed by atoms with Crippen LogP contribution in [0.3, 0.4) is 0 Å². The first-order chi connectivity index (χ1) is 32.0. The van der Waals surface area contributed by atoms with Gasteiger partial charge in [-0.3, -0.25) is 14.4 Å². The third-order valence-electron chi connectivity index (χ3n) is 10.2. The number of hydrogen-bond donors (Lipinski definition) is 0. The van der Waals surface area contributed by atoms with E-state index in [1.807, 2.05) is 54.7 Å². The average molecular weight is 897 g/mol. The number of unbranched alkanes of at least 4 members (excludes halogenated alkanes) is 15. The van der Waals surface area contributed by atoms with Gasteiger partial charge in [-0.2, -0.15) is 0 Å². The summed E-state index contributed by atoms with van der Waals surface area (Å²) in [4.78, 5) is 38.0. The van der Waals surface area contributed by atoms with Gasteiger partial charge < -0.3 is 14.2 Å². The second kappa shape index (κ2) is 52.2. The molecule has 0 aromatic heterocycles. The summed E-state index contributed by atoms with van der Waals surface area (Å²) in [7, 11) is 0. The Kier molecular flexibility index (Phi) is 48.6. The summed E-state index contributed by atoms with van der Waals surface area (Å²) in [5.41, 5.74) is 0. The van der Waals surface area contributed by atoms with Crippen LogP contribution in [0.1, 0.15) is 201 Å². The third-order valence-corrected chi connectivity index (χ3v) is 10.2. The molecule has 0 N–H and O–H groups in total. The number of carbonyl (C=O) groups excluding carboxylic acids is 3. The lowest BCUT2D eigenvalue weighted by molar-refractivity contribution is -0.167.